The SMILES string of the molecule is Cc1sc(-c2cccc(F)c2)nc1-c1cccc(Br)c1. The average Bonchev–Trinajstić information content (AvgIpc) is 2.81. The van der Waals surface area contributed by atoms with E-state index >= 15 is 0 Å². The van der Waals surface area contributed by atoms with Crippen LogP contribution in [0.2, 0.25) is 0 Å². The number of halogens is 2. The van der Waals surface area contributed by atoms with Gasteiger partial charge in [-0.1, -0.05) is 40.2 Å². The van der Waals surface area contributed by atoms with E-state index in [1.807, 2.05) is 37.3 Å². The third-order valence-corrected chi connectivity index (χ3v) is 4.48. The zero-order chi connectivity index (χ0) is 14.1. The number of aryl methyl sites for hydroxylation is 1. The predicted octanol–water partition coefficient (Wildman–Crippen LogP) is 5.69. The monoisotopic (exact) mass is 347 g/mol. The fraction of sp³-hybridized carbons (Fsp3) is 0.0625. The standard InChI is InChI=1S/C16H11BrFNS/c1-10-15(11-4-2-6-13(17)8-11)19-16(20-10)12-5-3-7-14(18)9-12/h2-9H,1H3. The molecule has 0 aliphatic heterocycles. The second-order valence-corrected chi connectivity index (χ2v) is 6.56. The molecule has 0 N–H and O–H groups in total. The van der Waals surface area contributed by atoms with Crippen molar-refractivity contribution in [3.8, 4) is 21.8 Å². The minimum atomic E-state index is -0.237. The van der Waals surface area contributed by atoms with Crippen LogP contribution in [0.25, 0.3) is 21.8 Å². The minimum absolute atomic E-state index is 0.237. The molecule has 3 rings (SSSR count). The van der Waals surface area contributed by atoms with Gasteiger partial charge in [0.1, 0.15) is 10.8 Å². The topological polar surface area (TPSA) is 12.9 Å². The van der Waals surface area contributed by atoms with Crippen LogP contribution in [0.3, 0.4) is 0 Å². The Labute approximate surface area is 129 Å². The Morgan fingerprint density at radius 1 is 1.05 bits per heavy atom. The van der Waals surface area contributed by atoms with Crippen LogP contribution in [0, 0.1) is 12.7 Å². The Morgan fingerprint density at radius 3 is 2.55 bits per heavy atom. The van der Waals surface area contributed by atoms with Crippen molar-refractivity contribution in [3.05, 3.63) is 63.7 Å². The van der Waals surface area contributed by atoms with Gasteiger partial charge in [0, 0.05) is 20.5 Å². The normalized spacial score (nSPS) is 10.8. The summed E-state index contributed by atoms with van der Waals surface area (Å²) < 4.78 is 14.3. The van der Waals surface area contributed by atoms with E-state index in [2.05, 4.69) is 20.9 Å². The van der Waals surface area contributed by atoms with Gasteiger partial charge < -0.3 is 0 Å². The number of benzene rings is 2. The second-order valence-electron chi connectivity index (χ2n) is 4.44. The zero-order valence-corrected chi connectivity index (χ0v) is 13.1. The van der Waals surface area contributed by atoms with Crippen molar-refractivity contribution >= 4 is 27.3 Å². The van der Waals surface area contributed by atoms with E-state index in [4.69, 9.17) is 0 Å². The number of nitrogens with zero attached hydrogens (tertiary/aromatic N) is 1. The van der Waals surface area contributed by atoms with Crippen LogP contribution in [0.1, 0.15) is 4.88 Å². The molecule has 0 saturated heterocycles. The summed E-state index contributed by atoms with van der Waals surface area (Å²) in [5.74, 6) is -0.237. The van der Waals surface area contributed by atoms with Crippen LogP contribution < -0.4 is 0 Å². The van der Waals surface area contributed by atoms with E-state index in [1.54, 1.807) is 17.4 Å². The maximum atomic E-state index is 13.3. The van der Waals surface area contributed by atoms with Crippen molar-refractivity contribution in [3.63, 3.8) is 0 Å². The Bertz CT molecular complexity index is 767. The van der Waals surface area contributed by atoms with Gasteiger partial charge in [0.2, 0.25) is 0 Å². The van der Waals surface area contributed by atoms with Gasteiger partial charge in [0.15, 0.2) is 0 Å². The first kappa shape index (κ1) is 13.5. The second kappa shape index (κ2) is 5.46. The molecular formula is C16H11BrFNS. The number of hydrogen-bond acceptors (Lipinski definition) is 2. The summed E-state index contributed by atoms with van der Waals surface area (Å²) in [4.78, 5) is 5.79. The summed E-state index contributed by atoms with van der Waals surface area (Å²) in [5, 5.41) is 0.844. The molecule has 20 heavy (non-hydrogen) atoms. The third-order valence-electron chi connectivity index (χ3n) is 2.97. The lowest BCUT2D eigenvalue weighted by molar-refractivity contribution is 0.628. The molecule has 0 amide bonds. The molecule has 0 bridgehead atoms. The largest absolute Gasteiger partial charge is 0.236 e. The third kappa shape index (κ3) is 2.67. The summed E-state index contributed by atoms with van der Waals surface area (Å²) in [6, 6.07) is 14.6. The molecule has 0 radical (unpaired) electrons. The molecule has 1 nitrogen and oxygen atoms in total. The molecule has 0 spiro atoms. The summed E-state index contributed by atoms with van der Waals surface area (Å²) >= 11 is 5.06. The fourth-order valence-corrected chi connectivity index (χ4v) is 3.38. The maximum Gasteiger partial charge on any atom is 0.124 e. The van der Waals surface area contributed by atoms with Gasteiger partial charge in [-0.05, 0) is 31.2 Å². The fourth-order valence-electron chi connectivity index (χ4n) is 2.05. The van der Waals surface area contributed by atoms with Crippen molar-refractivity contribution in [2.45, 2.75) is 6.92 Å². The highest BCUT2D eigenvalue weighted by molar-refractivity contribution is 9.10. The molecule has 0 atom stereocenters. The van der Waals surface area contributed by atoms with Crippen LogP contribution in [0.15, 0.2) is 53.0 Å². The molecule has 1 heterocycles. The van der Waals surface area contributed by atoms with E-state index in [1.165, 1.54) is 12.1 Å². The molecule has 3 aromatic rings. The first-order chi connectivity index (χ1) is 9.63. The van der Waals surface area contributed by atoms with Crippen molar-refractivity contribution in [1.82, 2.24) is 4.98 Å². The number of rotatable bonds is 2. The van der Waals surface area contributed by atoms with Crippen LogP contribution >= 0.6 is 27.3 Å². The van der Waals surface area contributed by atoms with Gasteiger partial charge in [-0.3, -0.25) is 0 Å². The first-order valence-corrected chi connectivity index (χ1v) is 7.74. The molecule has 2 aromatic carbocycles. The van der Waals surface area contributed by atoms with Gasteiger partial charge in [0.25, 0.3) is 0 Å². The summed E-state index contributed by atoms with van der Waals surface area (Å²) in [6.45, 7) is 2.04. The average molecular weight is 348 g/mol. The lowest BCUT2D eigenvalue weighted by Crippen LogP contribution is -1.82. The van der Waals surface area contributed by atoms with E-state index in [0.29, 0.717) is 0 Å². The number of thiazole rings is 1. The Kier molecular flexibility index (Phi) is 3.68. The molecule has 0 unspecified atom stereocenters. The number of aromatic nitrogens is 1. The van der Waals surface area contributed by atoms with E-state index in [9.17, 15) is 4.39 Å². The lowest BCUT2D eigenvalue weighted by atomic mass is 10.1. The quantitative estimate of drug-likeness (QED) is 0.580. The first-order valence-electron chi connectivity index (χ1n) is 6.13. The molecular weight excluding hydrogens is 337 g/mol. The lowest BCUT2D eigenvalue weighted by Gasteiger charge is -1.99. The van der Waals surface area contributed by atoms with Crippen LogP contribution in [-0.2, 0) is 0 Å². The highest BCUT2D eigenvalue weighted by Crippen LogP contribution is 2.34. The minimum Gasteiger partial charge on any atom is -0.236 e. The Balaban J connectivity index is 2.08. The highest BCUT2D eigenvalue weighted by Gasteiger charge is 2.11. The van der Waals surface area contributed by atoms with Crippen LogP contribution in [0.5, 0.6) is 0 Å². The maximum absolute atomic E-state index is 13.3. The Morgan fingerprint density at radius 2 is 1.80 bits per heavy atom. The van der Waals surface area contributed by atoms with Crippen LogP contribution in [-0.4, -0.2) is 4.98 Å². The van der Waals surface area contributed by atoms with Crippen molar-refractivity contribution in [1.29, 1.82) is 0 Å². The van der Waals surface area contributed by atoms with E-state index < -0.39 is 0 Å². The molecule has 1 aromatic heterocycles. The van der Waals surface area contributed by atoms with Crippen molar-refractivity contribution in [2.24, 2.45) is 0 Å². The van der Waals surface area contributed by atoms with Gasteiger partial charge >= 0.3 is 0 Å². The van der Waals surface area contributed by atoms with Crippen LogP contribution in [0.4, 0.5) is 4.39 Å². The van der Waals surface area contributed by atoms with E-state index in [-0.39, 0.29) is 5.82 Å². The smallest absolute Gasteiger partial charge is 0.124 e. The van der Waals surface area contributed by atoms with Crippen molar-refractivity contribution < 1.29 is 4.39 Å². The van der Waals surface area contributed by atoms with Gasteiger partial charge in [-0.25, -0.2) is 9.37 Å². The van der Waals surface area contributed by atoms with Gasteiger partial charge in [-0.15, -0.1) is 11.3 Å². The molecule has 0 aliphatic carbocycles. The predicted molar refractivity (Wildman–Crippen MR) is 85.4 cm³/mol. The highest BCUT2D eigenvalue weighted by atomic mass is 79.9. The molecule has 0 aliphatic rings. The molecule has 4 heteroatoms. The summed E-state index contributed by atoms with van der Waals surface area (Å²) in [6.07, 6.45) is 0. The van der Waals surface area contributed by atoms with Gasteiger partial charge in [-0.2, -0.15) is 0 Å². The van der Waals surface area contributed by atoms with Crippen molar-refractivity contribution in [2.75, 3.05) is 0 Å². The summed E-state index contributed by atoms with van der Waals surface area (Å²) in [5.41, 5.74) is 2.84. The van der Waals surface area contributed by atoms with E-state index in [0.717, 1.165) is 31.2 Å². The Hall–Kier alpha value is -1.52. The zero-order valence-electron chi connectivity index (χ0n) is 10.7. The van der Waals surface area contributed by atoms with Gasteiger partial charge in [0.05, 0.1) is 5.69 Å². The molecule has 100 valence electrons. The number of hydrogen-bond donors (Lipinski definition) is 0. The molecule has 0 saturated carbocycles. The summed E-state index contributed by atoms with van der Waals surface area (Å²) in [7, 11) is 0. The molecule has 0 fully saturated rings.